The summed E-state index contributed by atoms with van der Waals surface area (Å²) >= 11 is 6.23. The van der Waals surface area contributed by atoms with Gasteiger partial charge in [-0.2, -0.15) is 0 Å². The molecule has 3 aromatic rings. The van der Waals surface area contributed by atoms with E-state index in [1.54, 1.807) is 42.6 Å². The Kier molecular flexibility index (Phi) is 6.70. The lowest BCUT2D eigenvalue weighted by Gasteiger charge is -2.25. The van der Waals surface area contributed by atoms with Crippen molar-refractivity contribution < 1.29 is 19.0 Å². The topological polar surface area (TPSA) is 60.9 Å². The molecule has 2 aromatic carbocycles. The summed E-state index contributed by atoms with van der Waals surface area (Å²) in [6.07, 6.45) is 4.33. The number of hydrogen-bond donors (Lipinski definition) is 0. The van der Waals surface area contributed by atoms with Crippen LogP contribution in [0.1, 0.15) is 12.0 Å². The quantitative estimate of drug-likeness (QED) is 0.529. The molecule has 0 radical (unpaired) electrons. The molecule has 1 aliphatic heterocycles. The van der Waals surface area contributed by atoms with E-state index >= 15 is 0 Å². The number of rotatable bonds is 7. The molecule has 2 heterocycles. The van der Waals surface area contributed by atoms with Crippen LogP contribution in [-0.2, 0) is 16.0 Å². The average Bonchev–Trinajstić information content (AvgIpc) is 3.28. The third kappa shape index (κ3) is 5.16. The van der Waals surface area contributed by atoms with Gasteiger partial charge in [-0.1, -0.05) is 23.7 Å². The zero-order chi connectivity index (χ0) is 21.6. The molecular weight excluding hydrogens is 416 g/mol. The molecule has 31 heavy (non-hydrogen) atoms. The molecular formula is C24H23ClN2O4. The monoisotopic (exact) mass is 438 g/mol. The van der Waals surface area contributed by atoms with Crippen LogP contribution in [0.3, 0.4) is 0 Å². The van der Waals surface area contributed by atoms with Crippen LogP contribution in [0.4, 0.5) is 11.4 Å². The summed E-state index contributed by atoms with van der Waals surface area (Å²) < 4.78 is 17.0. The fourth-order valence-electron chi connectivity index (χ4n) is 3.49. The lowest BCUT2D eigenvalue weighted by atomic mass is 10.1. The Morgan fingerprint density at radius 2 is 2.03 bits per heavy atom. The molecule has 7 heteroatoms. The number of aromatic nitrogens is 1. The number of amides is 1. The van der Waals surface area contributed by atoms with E-state index < -0.39 is 0 Å². The van der Waals surface area contributed by atoms with Crippen molar-refractivity contribution in [2.75, 3.05) is 25.2 Å². The second-order valence-corrected chi connectivity index (χ2v) is 7.62. The number of hydrogen-bond acceptors (Lipinski definition) is 5. The normalized spacial score (nSPS) is 15.5. The molecule has 6 nitrogen and oxygen atoms in total. The summed E-state index contributed by atoms with van der Waals surface area (Å²) in [5.74, 6) is 1.05. The van der Waals surface area contributed by atoms with Crippen molar-refractivity contribution in [1.82, 2.24) is 4.98 Å². The number of halogens is 1. The van der Waals surface area contributed by atoms with Gasteiger partial charge >= 0.3 is 0 Å². The minimum absolute atomic E-state index is 0.0464. The summed E-state index contributed by atoms with van der Waals surface area (Å²) in [6.45, 7) is 1.20. The Morgan fingerprint density at radius 3 is 2.74 bits per heavy atom. The number of carbonyl (C=O) groups excluding carboxylic acids is 1. The maximum atomic E-state index is 13.4. The van der Waals surface area contributed by atoms with E-state index in [1.807, 2.05) is 36.4 Å². The number of nitrogens with zero attached hydrogens (tertiary/aromatic N) is 2. The van der Waals surface area contributed by atoms with E-state index in [2.05, 4.69) is 4.98 Å². The van der Waals surface area contributed by atoms with Crippen molar-refractivity contribution >= 4 is 28.9 Å². The van der Waals surface area contributed by atoms with Gasteiger partial charge < -0.3 is 14.2 Å². The maximum absolute atomic E-state index is 13.4. The summed E-state index contributed by atoms with van der Waals surface area (Å²) in [5.41, 5.74) is 2.15. The highest BCUT2D eigenvalue weighted by Gasteiger charge is 2.23. The van der Waals surface area contributed by atoms with Gasteiger partial charge in [-0.15, -0.1) is 0 Å². The van der Waals surface area contributed by atoms with Gasteiger partial charge in [0.05, 0.1) is 38.1 Å². The molecule has 0 aliphatic carbocycles. The van der Waals surface area contributed by atoms with Gasteiger partial charge in [-0.05, 0) is 42.0 Å². The second-order valence-electron chi connectivity index (χ2n) is 7.19. The molecule has 0 bridgehead atoms. The van der Waals surface area contributed by atoms with Gasteiger partial charge in [0.1, 0.15) is 6.10 Å². The van der Waals surface area contributed by atoms with Gasteiger partial charge in [-0.3, -0.25) is 14.7 Å². The van der Waals surface area contributed by atoms with Crippen LogP contribution < -0.4 is 14.4 Å². The van der Waals surface area contributed by atoms with Crippen LogP contribution in [0.5, 0.6) is 11.5 Å². The van der Waals surface area contributed by atoms with E-state index in [1.165, 1.54) is 0 Å². The molecule has 0 unspecified atom stereocenters. The number of benzene rings is 2. The molecule has 0 N–H and O–H groups in total. The van der Waals surface area contributed by atoms with Crippen molar-refractivity contribution in [3.8, 4) is 11.5 Å². The molecule has 1 fully saturated rings. The molecule has 0 spiro atoms. The van der Waals surface area contributed by atoms with Crippen molar-refractivity contribution in [1.29, 1.82) is 0 Å². The smallest absolute Gasteiger partial charge is 0.236 e. The molecule has 1 atom stereocenters. The number of ether oxygens (including phenoxy) is 3. The van der Waals surface area contributed by atoms with E-state index in [9.17, 15) is 4.79 Å². The van der Waals surface area contributed by atoms with Gasteiger partial charge in [-0.25, -0.2) is 0 Å². The third-order valence-corrected chi connectivity index (χ3v) is 5.22. The molecule has 4 rings (SSSR count). The molecule has 1 saturated heterocycles. The van der Waals surface area contributed by atoms with E-state index in [0.29, 0.717) is 41.1 Å². The molecule has 1 amide bonds. The molecule has 160 valence electrons. The minimum atomic E-state index is -0.115. The Bertz CT molecular complexity index is 1040. The average molecular weight is 439 g/mol. The highest BCUT2D eigenvalue weighted by atomic mass is 35.5. The van der Waals surface area contributed by atoms with Crippen molar-refractivity contribution in [2.45, 2.75) is 18.9 Å². The Hall–Kier alpha value is -3.09. The Labute approximate surface area is 186 Å². The van der Waals surface area contributed by atoms with Gasteiger partial charge in [0, 0.05) is 29.9 Å². The van der Waals surface area contributed by atoms with Gasteiger partial charge in [0.25, 0.3) is 0 Å². The highest BCUT2D eigenvalue weighted by molar-refractivity contribution is 6.31. The van der Waals surface area contributed by atoms with Crippen LogP contribution in [0, 0.1) is 0 Å². The maximum Gasteiger partial charge on any atom is 0.236 e. The lowest BCUT2D eigenvalue weighted by molar-refractivity contribution is -0.117. The number of carbonyl (C=O) groups is 1. The fourth-order valence-corrected chi connectivity index (χ4v) is 3.68. The first-order valence-corrected chi connectivity index (χ1v) is 10.4. The first-order valence-electron chi connectivity index (χ1n) is 10.0. The summed E-state index contributed by atoms with van der Waals surface area (Å²) in [7, 11) is 1.59. The minimum Gasteiger partial charge on any atom is -0.493 e. The van der Waals surface area contributed by atoms with Crippen LogP contribution in [0.25, 0.3) is 0 Å². The second kappa shape index (κ2) is 9.81. The van der Waals surface area contributed by atoms with Crippen LogP contribution in [-0.4, -0.2) is 37.3 Å². The van der Waals surface area contributed by atoms with Crippen molar-refractivity contribution in [2.24, 2.45) is 0 Å². The fraction of sp³-hybridized carbons (Fsp3) is 0.250. The number of methoxy groups -OCH3 is 1. The van der Waals surface area contributed by atoms with Crippen molar-refractivity contribution in [3.63, 3.8) is 0 Å². The van der Waals surface area contributed by atoms with E-state index in [-0.39, 0.29) is 18.4 Å². The largest absolute Gasteiger partial charge is 0.493 e. The zero-order valence-electron chi connectivity index (χ0n) is 17.2. The van der Waals surface area contributed by atoms with Gasteiger partial charge in [0.2, 0.25) is 5.91 Å². The third-order valence-electron chi connectivity index (χ3n) is 4.98. The first-order chi connectivity index (χ1) is 15.1. The summed E-state index contributed by atoms with van der Waals surface area (Å²) in [6, 6.07) is 16.4. The van der Waals surface area contributed by atoms with Crippen molar-refractivity contribution in [3.05, 3.63) is 77.6 Å². The first kappa shape index (κ1) is 21.2. The van der Waals surface area contributed by atoms with Crippen LogP contribution in [0.15, 0.2) is 67.0 Å². The Balaban J connectivity index is 1.71. The molecule has 0 saturated carbocycles. The van der Waals surface area contributed by atoms with E-state index in [4.69, 9.17) is 25.8 Å². The Morgan fingerprint density at radius 1 is 1.16 bits per heavy atom. The SMILES string of the molecule is COc1ccc(N(C(=O)Cc2cccnc2)c2cccc(Cl)c2)cc1O[C@@H]1CCOC1. The number of pyridine rings is 1. The molecule has 1 aliphatic rings. The predicted molar refractivity (Wildman–Crippen MR) is 119 cm³/mol. The zero-order valence-corrected chi connectivity index (χ0v) is 17.9. The predicted octanol–water partition coefficient (Wildman–Crippen LogP) is 4.82. The summed E-state index contributed by atoms with van der Waals surface area (Å²) in [5, 5.41) is 0.546. The molecule has 1 aromatic heterocycles. The highest BCUT2D eigenvalue weighted by Crippen LogP contribution is 2.37. The summed E-state index contributed by atoms with van der Waals surface area (Å²) in [4.78, 5) is 19.1. The standard InChI is InChI=1S/C24H23ClN2O4/c1-29-22-8-7-20(14-23(22)31-21-9-11-30-16-21)27(19-6-2-5-18(25)13-19)24(28)12-17-4-3-10-26-15-17/h2-8,10,13-15,21H,9,11-12,16H2,1H3/t21-/m1/s1. The van der Waals surface area contributed by atoms with Gasteiger partial charge in [0.15, 0.2) is 11.5 Å². The number of anilines is 2. The van der Waals surface area contributed by atoms with E-state index in [0.717, 1.165) is 12.0 Å². The lowest BCUT2D eigenvalue weighted by Crippen LogP contribution is -2.27. The van der Waals surface area contributed by atoms with Crippen LogP contribution in [0.2, 0.25) is 5.02 Å². The van der Waals surface area contributed by atoms with Crippen LogP contribution >= 0.6 is 11.6 Å².